The number of halogens is 5. The van der Waals surface area contributed by atoms with E-state index >= 15 is 0 Å². The zero-order chi connectivity index (χ0) is 14.1. The zero-order valence-corrected chi connectivity index (χ0v) is 8.63. The molecule has 4 nitrogen and oxygen atoms in total. The molecule has 9 heteroatoms. The van der Waals surface area contributed by atoms with Crippen LogP contribution in [0.5, 0.6) is 0 Å². The first-order valence-corrected chi connectivity index (χ1v) is 4.51. The monoisotopic (exact) mass is 270 g/mol. The molecule has 0 aromatic carbocycles. The number of alkyl halides is 5. The van der Waals surface area contributed by atoms with Crippen molar-refractivity contribution in [3.63, 3.8) is 0 Å². The van der Waals surface area contributed by atoms with Crippen LogP contribution in [0.25, 0.3) is 0 Å². The average molecular weight is 270 g/mol. The molecule has 0 saturated carbocycles. The highest BCUT2D eigenvalue weighted by Gasteiger charge is 2.36. The van der Waals surface area contributed by atoms with Gasteiger partial charge in [0.2, 0.25) is 0 Å². The Kier molecular flexibility index (Phi) is 3.85. The van der Waals surface area contributed by atoms with Crippen molar-refractivity contribution >= 4 is 5.97 Å². The highest BCUT2D eigenvalue weighted by atomic mass is 19.4. The van der Waals surface area contributed by atoms with E-state index in [2.05, 4.69) is 4.98 Å². The number of nitrogens with two attached hydrogens (primary N) is 1. The second kappa shape index (κ2) is 4.84. The van der Waals surface area contributed by atoms with E-state index in [0.29, 0.717) is 6.07 Å². The zero-order valence-electron chi connectivity index (χ0n) is 8.63. The quantitative estimate of drug-likeness (QED) is 0.825. The SMILES string of the molecule is NCc1cc(C(F)(F)F)nc(C(F)F)c1C(=O)O. The van der Waals surface area contributed by atoms with Gasteiger partial charge in [-0.05, 0) is 11.6 Å². The molecule has 0 unspecified atom stereocenters. The third-order valence-electron chi connectivity index (χ3n) is 2.06. The molecular weight excluding hydrogens is 263 g/mol. The van der Waals surface area contributed by atoms with E-state index in [0.717, 1.165) is 0 Å². The second-order valence-corrected chi connectivity index (χ2v) is 3.23. The molecule has 0 fully saturated rings. The van der Waals surface area contributed by atoms with E-state index in [1.54, 1.807) is 0 Å². The van der Waals surface area contributed by atoms with Gasteiger partial charge >= 0.3 is 12.1 Å². The Labute approximate surface area is 97.2 Å². The summed E-state index contributed by atoms with van der Waals surface area (Å²) >= 11 is 0. The smallest absolute Gasteiger partial charge is 0.433 e. The predicted molar refractivity (Wildman–Crippen MR) is 49.0 cm³/mol. The van der Waals surface area contributed by atoms with Gasteiger partial charge in [0.05, 0.1) is 5.56 Å². The molecule has 100 valence electrons. The highest BCUT2D eigenvalue weighted by Crippen LogP contribution is 2.32. The number of aromatic carboxylic acids is 1. The van der Waals surface area contributed by atoms with Crippen molar-refractivity contribution in [2.24, 2.45) is 5.73 Å². The Morgan fingerprint density at radius 2 is 2.00 bits per heavy atom. The number of nitrogens with zero attached hydrogens (tertiary/aromatic N) is 1. The fourth-order valence-electron chi connectivity index (χ4n) is 1.33. The summed E-state index contributed by atoms with van der Waals surface area (Å²) in [6.07, 6.45) is -8.39. The number of carboxylic acid groups (broad SMARTS) is 1. The summed E-state index contributed by atoms with van der Waals surface area (Å²) < 4.78 is 62.2. The van der Waals surface area contributed by atoms with Crippen molar-refractivity contribution in [1.29, 1.82) is 0 Å². The van der Waals surface area contributed by atoms with Crippen molar-refractivity contribution in [3.05, 3.63) is 28.6 Å². The van der Waals surface area contributed by atoms with Crippen molar-refractivity contribution in [1.82, 2.24) is 4.98 Å². The Bertz CT molecular complexity index is 473. The molecular formula is C9H7F5N2O2. The van der Waals surface area contributed by atoms with Crippen LogP contribution >= 0.6 is 0 Å². The standard InChI is InChI=1S/C9H7F5N2O2/c10-7(11)6-5(8(17)18)3(2-15)1-4(16-6)9(12,13)14/h1,7H,2,15H2,(H,17,18). The molecule has 3 N–H and O–H groups in total. The van der Waals surface area contributed by atoms with Gasteiger partial charge in [-0.15, -0.1) is 0 Å². The summed E-state index contributed by atoms with van der Waals surface area (Å²) in [5.41, 5.74) is 0.512. The molecule has 0 aliphatic rings. The largest absolute Gasteiger partial charge is 0.478 e. The first kappa shape index (κ1) is 14.3. The lowest BCUT2D eigenvalue weighted by atomic mass is 10.0. The minimum atomic E-state index is -4.95. The van der Waals surface area contributed by atoms with Gasteiger partial charge < -0.3 is 10.8 Å². The highest BCUT2D eigenvalue weighted by molar-refractivity contribution is 5.90. The third kappa shape index (κ3) is 2.73. The first-order chi connectivity index (χ1) is 8.18. The van der Waals surface area contributed by atoms with E-state index in [1.165, 1.54) is 0 Å². The number of pyridine rings is 1. The molecule has 0 aliphatic carbocycles. The van der Waals surface area contributed by atoms with E-state index in [4.69, 9.17) is 10.8 Å². The number of rotatable bonds is 3. The van der Waals surface area contributed by atoms with Crippen molar-refractivity contribution in [2.75, 3.05) is 0 Å². The predicted octanol–water partition coefficient (Wildman–Crippen LogP) is 2.19. The van der Waals surface area contributed by atoms with Gasteiger partial charge in [0, 0.05) is 6.54 Å². The van der Waals surface area contributed by atoms with Crippen LogP contribution in [0.15, 0.2) is 6.07 Å². The Hall–Kier alpha value is -1.77. The van der Waals surface area contributed by atoms with Gasteiger partial charge in [0.1, 0.15) is 11.4 Å². The maximum Gasteiger partial charge on any atom is 0.433 e. The van der Waals surface area contributed by atoms with Gasteiger partial charge in [-0.25, -0.2) is 18.6 Å². The fraction of sp³-hybridized carbons (Fsp3) is 0.333. The van der Waals surface area contributed by atoms with Gasteiger partial charge in [-0.3, -0.25) is 0 Å². The van der Waals surface area contributed by atoms with Crippen LogP contribution in [-0.2, 0) is 12.7 Å². The molecule has 0 spiro atoms. The summed E-state index contributed by atoms with van der Waals surface area (Å²) in [5, 5.41) is 8.71. The van der Waals surface area contributed by atoms with Gasteiger partial charge in [0.15, 0.2) is 0 Å². The van der Waals surface area contributed by atoms with E-state index in [9.17, 15) is 26.7 Å². The summed E-state index contributed by atoms with van der Waals surface area (Å²) in [6, 6.07) is 0.356. The number of aromatic nitrogens is 1. The lowest BCUT2D eigenvalue weighted by Crippen LogP contribution is -2.18. The third-order valence-corrected chi connectivity index (χ3v) is 2.06. The van der Waals surface area contributed by atoms with Crippen LogP contribution in [0.2, 0.25) is 0 Å². The number of carboxylic acids is 1. The summed E-state index contributed by atoms with van der Waals surface area (Å²) in [5.74, 6) is -1.80. The molecule has 0 amide bonds. The molecule has 0 saturated heterocycles. The summed E-state index contributed by atoms with van der Waals surface area (Å²) in [4.78, 5) is 13.4. The van der Waals surface area contributed by atoms with Gasteiger partial charge in [0.25, 0.3) is 6.43 Å². The van der Waals surface area contributed by atoms with Crippen LogP contribution in [0.3, 0.4) is 0 Å². The number of hydrogen-bond donors (Lipinski definition) is 2. The first-order valence-electron chi connectivity index (χ1n) is 4.51. The molecule has 0 radical (unpaired) electrons. The lowest BCUT2D eigenvalue weighted by Gasteiger charge is -2.13. The van der Waals surface area contributed by atoms with Crippen LogP contribution in [-0.4, -0.2) is 16.1 Å². The molecule has 1 rings (SSSR count). The van der Waals surface area contributed by atoms with E-state index in [-0.39, 0.29) is 0 Å². The normalized spacial score (nSPS) is 11.9. The van der Waals surface area contributed by atoms with E-state index < -0.39 is 47.6 Å². The number of carbonyl (C=O) groups is 1. The van der Waals surface area contributed by atoms with Gasteiger partial charge in [-0.1, -0.05) is 0 Å². The topological polar surface area (TPSA) is 76.2 Å². The maximum atomic E-state index is 12.5. The second-order valence-electron chi connectivity index (χ2n) is 3.23. The Morgan fingerprint density at radius 3 is 2.33 bits per heavy atom. The minimum absolute atomic E-state index is 0.356. The molecule has 1 aromatic rings. The summed E-state index contributed by atoms with van der Waals surface area (Å²) in [7, 11) is 0. The maximum absolute atomic E-state index is 12.5. The summed E-state index contributed by atoms with van der Waals surface area (Å²) in [6.45, 7) is -0.618. The molecule has 1 heterocycles. The molecule has 0 atom stereocenters. The fourth-order valence-corrected chi connectivity index (χ4v) is 1.33. The molecule has 1 aromatic heterocycles. The van der Waals surface area contributed by atoms with Crippen LogP contribution in [0.1, 0.15) is 33.7 Å². The van der Waals surface area contributed by atoms with Crippen molar-refractivity contribution in [2.45, 2.75) is 19.1 Å². The minimum Gasteiger partial charge on any atom is -0.478 e. The Morgan fingerprint density at radius 1 is 1.44 bits per heavy atom. The van der Waals surface area contributed by atoms with Gasteiger partial charge in [-0.2, -0.15) is 13.2 Å². The van der Waals surface area contributed by atoms with Crippen LogP contribution < -0.4 is 5.73 Å². The Balaban J connectivity index is 3.59. The molecule has 0 aliphatic heterocycles. The average Bonchev–Trinajstić information content (AvgIpc) is 2.25. The van der Waals surface area contributed by atoms with Crippen LogP contribution in [0.4, 0.5) is 22.0 Å². The van der Waals surface area contributed by atoms with E-state index in [1.807, 2.05) is 0 Å². The van der Waals surface area contributed by atoms with Crippen molar-refractivity contribution in [3.8, 4) is 0 Å². The van der Waals surface area contributed by atoms with Crippen molar-refractivity contribution < 1.29 is 31.9 Å². The number of hydrogen-bond acceptors (Lipinski definition) is 3. The lowest BCUT2D eigenvalue weighted by molar-refractivity contribution is -0.141. The van der Waals surface area contributed by atoms with Crippen LogP contribution in [0, 0.1) is 0 Å². The molecule has 0 bridgehead atoms. The molecule has 18 heavy (non-hydrogen) atoms.